The number of sulfonamides is 1. The summed E-state index contributed by atoms with van der Waals surface area (Å²) < 4.78 is 53.7. The highest BCUT2D eigenvalue weighted by Gasteiger charge is 2.32. The molecule has 0 saturated carbocycles. The Morgan fingerprint density at radius 2 is 2.03 bits per heavy atom. The van der Waals surface area contributed by atoms with Crippen LogP contribution in [0.25, 0.3) is 0 Å². The van der Waals surface area contributed by atoms with Gasteiger partial charge in [-0.15, -0.1) is 11.3 Å². The smallest absolute Gasteiger partial charge is 0.340 e. The number of thiophene rings is 1. The van der Waals surface area contributed by atoms with E-state index < -0.39 is 21.9 Å². The highest BCUT2D eigenvalue weighted by Crippen LogP contribution is 2.48. The van der Waals surface area contributed by atoms with Gasteiger partial charge < -0.3 is 28.8 Å². The summed E-state index contributed by atoms with van der Waals surface area (Å²) in [5.74, 6) is -1.52. The van der Waals surface area contributed by atoms with E-state index in [1.54, 1.807) is 0 Å². The van der Waals surface area contributed by atoms with E-state index in [0.29, 0.717) is 0 Å². The molecule has 0 aliphatic carbocycles. The van der Waals surface area contributed by atoms with Crippen LogP contribution in [0, 0.1) is 6.92 Å². The first kappa shape index (κ1) is 23.7. The van der Waals surface area contributed by atoms with Gasteiger partial charge >= 0.3 is 5.97 Å². The molecule has 1 aliphatic heterocycles. The number of rotatable bonds is 7. The third kappa shape index (κ3) is 4.10. The number of amides is 1. The first-order valence-electron chi connectivity index (χ1n) is 9.30. The van der Waals surface area contributed by atoms with Crippen molar-refractivity contribution in [2.75, 3.05) is 31.1 Å². The van der Waals surface area contributed by atoms with Gasteiger partial charge in [0.1, 0.15) is 26.2 Å². The second-order valence-electron chi connectivity index (χ2n) is 6.64. The standard InChI is InChI=1S/C19H16ClN3O9S2/c1-8-12(20)18(32-22-8)23-34(26,27)11-4-5-33-16(11)17(24)21-13-9(19(25)29-3)6-10-14(15(13)28-2)31-7-30-10/h4-6,23H,7H2,1-3H3,(H,21,24). The Morgan fingerprint density at radius 3 is 2.68 bits per heavy atom. The van der Waals surface area contributed by atoms with Crippen molar-refractivity contribution in [3.05, 3.63) is 38.7 Å². The number of carbonyl (C=O) groups excluding carboxylic acids is 2. The van der Waals surface area contributed by atoms with Gasteiger partial charge in [-0.2, -0.15) is 0 Å². The van der Waals surface area contributed by atoms with Gasteiger partial charge in [0.25, 0.3) is 21.8 Å². The van der Waals surface area contributed by atoms with Gasteiger partial charge in [-0.3, -0.25) is 4.79 Å². The van der Waals surface area contributed by atoms with E-state index in [1.165, 1.54) is 31.5 Å². The molecule has 3 heterocycles. The van der Waals surface area contributed by atoms with Crippen molar-refractivity contribution >= 4 is 56.4 Å². The van der Waals surface area contributed by atoms with Crippen molar-refractivity contribution in [1.29, 1.82) is 0 Å². The van der Waals surface area contributed by atoms with Crippen LogP contribution in [0.15, 0.2) is 26.9 Å². The predicted octanol–water partition coefficient (Wildman–Crippen LogP) is 3.27. The fraction of sp³-hybridized carbons (Fsp3) is 0.211. The minimum Gasteiger partial charge on any atom is -0.491 e. The van der Waals surface area contributed by atoms with Gasteiger partial charge in [0.2, 0.25) is 12.5 Å². The fourth-order valence-corrected chi connectivity index (χ4v) is 5.54. The number of aromatic nitrogens is 1. The summed E-state index contributed by atoms with van der Waals surface area (Å²) in [6.45, 7) is 1.41. The van der Waals surface area contributed by atoms with Crippen molar-refractivity contribution < 1.29 is 41.5 Å². The van der Waals surface area contributed by atoms with Gasteiger partial charge in [-0.1, -0.05) is 16.8 Å². The van der Waals surface area contributed by atoms with Gasteiger partial charge in [0, 0.05) is 6.07 Å². The van der Waals surface area contributed by atoms with Crippen molar-refractivity contribution in [1.82, 2.24) is 5.16 Å². The average Bonchev–Trinajstić information content (AvgIpc) is 3.55. The fourth-order valence-electron chi connectivity index (χ4n) is 3.05. The quantitative estimate of drug-likeness (QED) is 0.435. The van der Waals surface area contributed by atoms with Crippen molar-refractivity contribution in [3.8, 4) is 17.2 Å². The SMILES string of the molecule is COC(=O)c1cc2c(c(OC)c1NC(=O)c1sccc1S(=O)(=O)Nc1onc(C)c1Cl)OCO2. The summed E-state index contributed by atoms with van der Waals surface area (Å²) in [4.78, 5) is 25.0. The summed E-state index contributed by atoms with van der Waals surface area (Å²) in [6.07, 6.45) is 0. The van der Waals surface area contributed by atoms with Gasteiger partial charge in [-0.25, -0.2) is 17.9 Å². The number of nitrogens with zero attached hydrogens (tertiary/aromatic N) is 1. The van der Waals surface area contributed by atoms with Crippen LogP contribution in [0.1, 0.15) is 25.7 Å². The van der Waals surface area contributed by atoms with E-state index in [0.717, 1.165) is 18.4 Å². The Kier molecular flexibility index (Phi) is 6.29. The number of methoxy groups -OCH3 is 2. The zero-order valence-corrected chi connectivity index (χ0v) is 20.1. The molecule has 4 rings (SSSR count). The van der Waals surface area contributed by atoms with Gasteiger partial charge in [-0.05, 0) is 18.4 Å². The Hall–Kier alpha value is -3.49. The van der Waals surface area contributed by atoms with Crippen LogP contribution in [0.5, 0.6) is 17.2 Å². The molecule has 0 saturated heterocycles. The molecule has 0 fully saturated rings. The zero-order valence-electron chi connectivity index (χ0n) is 17.8. The van der Waals surface area contributed by atoms with Crippen LogP contribution in [0.3, 0.4) is 0 Å². The molecule has 2 aromatic heterocycles. The molecule has 34 heavy (non-hydrogen) atoms. The van der Waals surface area contributed by atoms with Crippen LogP contribution in [0.2, 0.25) is 5.02 Å². The van der Waals surface area contributed by atoms with E-state index in [1.807, 2.05) is 0 Å². The minimum atomic E-state index is -4.29. The Balaban J connectivity index is 1.71. The Morgan fingerprint density at radius 1 is 1.26 bits per heavy atom. The molecular formula is C19H16ClN3O9S2. The van der Waals surface area contributed by atoms with Crippen LogP contribution >= 0.6 is 22.9 Å². The van der Waals surface area contributed by atoms with Crippen molar-refractivity contribution in [2.24, 2.45) is 0 Å². The molecule has 1 aromatic carbocycles. The second-order valence-corrected chi connectivity index (χ2v) is 9.59. The van der Waals surface area contributed by atoms with E-state index in [4.69, 9.17) is 35.1 Å². The largest absolute Gasteiger partial charge is 0.491 e. The first-order chi connectivity index (χ1) is 16.2. The molecule has 0 spiro atoms. The molecule has 2 N–H and O–H groups in total. The molecule has 180 valence electrons. The monoisotopic (exact) mass is 529 g/mol. The molecule has 0 atom stereocenters. The number of anilines is 2. The number of fused-ring (bicyclic) bond motifs is 1. The number of hydrogen-bond donors (Lipinski definition) is 2. The van der Waals surface area contributed by atoms with Crippen molar-refractivity contribution in [2.45, 2.75) is 11.8 Å². The lowest BCUT2D eigenvalue weighted by Crippen LogP contribution is -2.20. The molecule has 15 heteroatoms. The molecule has 1 amide bonds. The number of halogens is 1. The van der Waals surface area contributed by atoms with E-state index in [2.05, 4.69) is 15.2 Å². The molecule has 3 aromatic rings. The lowest BCUT2D eigenvalue weighted by atomic mass is 10.1. The number of esters is 1. The Labute approximate surface area is 201 Å². The zero-order chi connectivity index (χ0) is 24.6. The van der Waals surface area contributed by atoms with Gasteiger partial charge in [0.05, 0.1) is 19.8 Å². The maximum atomic E-state index is 13.2. The second kappa shape index (κ2) is 9.04. The number of hydrogen-bond acceptors (Lipinski definition) is 11. The van der Waals surface area contributed by atoms with E-state index in [9.17, 15) is 18.0 Å². The molecule has 0 radical (unpaired) electrons. The summed E-state index contributed by atoms with van der Waals surface area (Å²) in [6, 6.07) is 2.56. The molecule has 0 unspecified atom stereocenters. The predicted molar refractivity (Wildman–Crippen MR) is 120 cm³/mol. The lowest BCUT2D eigenvalue weighted by Gasteiger charge is -2.16. The normalized spacial score (nSPS) is 12.4. The molecule has 12 nitrogen and oxygen atoms in total. The van der Waals surface area contributed by atoms with E-state index in [-0.39, 0.29) is 61.7 Å². The van der Waals surface area contributed by atoms with Crippen molar-refractivity contribution in [3.63, 3.8) is 0 Å². The minimum absolute atomic E-state index is 0.00625. The van der Waals surface area contributed by atoms with Crippen LogP contribution in [-0.2, 0) is 14.8 Å². The summed E-state index contributed by atoms with van der Waals surface area (Å²) in [5, 5.41) is 7.51. The highest BCUT2D eigenvalue weighted by atomic mass is 35.5. The lowest BCUT2D eigenvalue weighted by molar-refractivity contribution is 0.0601. The highest BCUT2D eigenvalue weighted by molar-refractivity contribution is 7.93. The Bertz CT molecular complexity index is 1400. The third-order valence-corrected chi connectivity index (χ3v) is 7.47. The summed E-state index contributed by atoms with van der Waals surface area (Å²) in [7, 11) is -1.82. The number of nitrogens with one attached hydrogen (secondary N) is 2. The number of aryl methyl sites for hydroxylation is 1. The van der Waals surface area contributed by atoms with Crippen LogP contribution < -0.4 is 24.2 Å². The topological polar surface area (TPSA) is 155 Å². The third-order valence-electron chi connectivity index (χ3n) is 4.61. The molecular weight excluding hydrogens is 514 g/mol. The summed E-state index contributed by atoms with van der Waals surface area (Å²) >= 11 is 6.85. The number of ether oxygens (including phenoxy) is 4. The maximum absolute atomic E-state index is 13.2. The van der Waals surface area contributed by atoms with Crippen LogP contribution in [-0.4, -0.2) is 46.5 Å². The van der Waals surface area contributed by atoms with Gasteiger partial charge in [0.15, 0.2) is 11.5 Å². The molecule has 1 aliphatic rings. The number of benzene rings is 1. The first-order valence-corrected chi connectivity index (χ1v) is 12.0. The average molecular weight is 530 g/mol. The number of carbonyl (C=O) groups is 2. The van der Waals surface area contributed by atoms with Crippen LogP contribution in [0.4, 0.5) is 11.6 Å². The van der Waals surface area contributed by atoms with E-state index >= 15 is 0 Å². The molecule has 0 bridgehead atoms. The summed E-state index contributed by atoms with van der Waals surface area (Å²) in [5.41, 5.74) is 0.120. The maximum Gasteiger partial charge on any atom is 0.340 e.